The Labute approximate surface area is 119 Å². The number of hydrogen-bond donors (Lipinski definition) is 1. The fourth-order valence-corrected chi connectivity index (χ4v) is 2.42. The summed E-state index contributed by atoms with van der Waals surface area (Å²) in [5.74, 6) is -0.821. The molecule has 0 aliphatic carbocycles. The van der Waals surface area contributed by atoms with Gasteiger partial charge >= 0.3 is 5.97 Å². The molecule has 0 radical (unpaired) electrons. The van der Waals surface area contributed by atoms with Crippen LogP contribution in [0.2, 0.25) is 0 Å². The molecule has 0 atom stereocenters. The predicted octanol–water partition coefficient (Wildman–Crippen LogP) is 3.39. The zero-order valence-corrected chi connectivity index (χ0v) is 11.8. The minimum atomic E-state index is -0.821. The zero-order chi connectivity index (χ0) is 14.5. The van der Waals surface area contributed by atoms with Crippen molar-refractivity contribution in [3.63, 3.8) is 0 Å². The highest BCUT2D eigenvalue weighted by molar-refractivity contribution is 5.73. The average molecular weight is 269 g/mol. The van der Waals surface area contributed by atoms with Crippen LogP contribution >= 0.6 is 0 Å². The Kier molecular flexibility index (Phi) is 4.41. The number of anilines is 1. The first-order valence-electron chi connectivity index (χ1n) is 6.63. The van der Waals surface area contributed by atoms with Crippen LogP contribution in [0.3, 0.4) is 0 Å². The normalized spacial score (nSPS) is 10.3. The molecule has 0 aliphatic heterocycles. The average Bonchev–Trinajstić information content (AvgIpc) is 2.37. The molecule has 2 aromatic rings. The van der Waals surface area contributed by atoms with E-state index in [4.69, 9.17) is 5.11 Å². The molecule has 1 N–H and O–H groups in total. The highest BCUT2D eigenvalue weighted by Crippen LogP contribution is 2.18. The summed E-state index contributed by atoms with van der Waals surface area (Å²) < 4.78 is 0. The number of nitrogens with zero attached hydrogens (tertiary/aromatic N) is 1. The van der Waals surface area contributed by atoms with Gasteiger partial charge in [-0.2, -0.15) is 0 Å². The second-order valence-corrected chi connectivity index (χ2v) is 5.08. The van der Waals surface area contributed by atoms with Crippen molar-refractivity contribution >= 4 is 11.7 Å². The van der Waals surface area contributed by atoms with E-state index >= 15 is 0 Å². The fraction of sp³-hybridized carbons (Fsp3) is 0.235. The Bertz CT molecular complexity index is 573. The van der Waals surface area contributed by atoms with Crippen molar-refractivity contribution in [3.8, 4) is 0 Å². The molecule has 3 heteroatoms. The van der Waals surface area contributed by atoms with Crippen LogP contribution in [0.25, 0.3) is 0 Å². The Hall–Kier alpha value is -2.29. The van der Waals surface area contributed by atoms with Crippen LogP contribution in [-0.2, 0) is 11.3 Å². The number of carbonyl (C=O) groups is 1. The van der Waals surface area contributed by atoms with Gasteiger partial charge < -0.3 is 10.0 Å². The van der Waals surface area contributed by atoms with Gasteiger partial charge in [0.15, 0.2) is 0 Å². The van der Waals surface area contributed by atoms with E-state index in [1.807, 2.05) is 35.2 Å². The van der Waals surface area contributed by atoms with Gasteiger partial charge in [0.25, 0.3) is 0 Å². The monoisotopic (exact) mass is 269 g/mol. The van der Waals surface area contributed by atoms with Gasteiger partial charge in [-0.1, -0.05) is 47.5 Å². The van der Waals surface area contributed by atoms with Crippen molar-refractivity contribution in [2.24, 2.45) is 0 Å². The number of benzene rings is 2. The van der Waals surface area contributed by atoms with Crippen LogP contribution in [0.1, 0.15) is 16.7 Å². The predicted molar refractivity (Wildman–Crippen MR) is 81.0 cm³/mol. The van der Waals surface area contributed by atoms with E-state index < -0.39 is 5.97 Å². The highest BCUT2D eigenvalue weighted by Gasteiger charge is 2.11. The van der Waals surface area contributed by atoms with Gasteiger partial charge in [-0.25, -0.2) is 0 Å². The van der Waals surface area contributed by atoms with Crippen molar-refractivity contribution in [3.05, 3.63) is 65.2 Å². The molecule has 3 nitrogen and oxygen atoms in total. The van der Waals surface area contributed by atoms with Crippen LogP contribution in [0.15, 0.2) is 48.5 Å². The van der Waals surface area contributed by atoms with Crippen molar-refractivity contribution < 1.29 is 9.90 Å². The first kappa shape index (κ1) is 14.1. The quantitative estimate of drug-likeness (QED) is 0.904. The molecule has 0 bridgehead atoms. The molecule has 0 amide bonds. The van der Waals surface area contributed by atoms with E-state index in [-0.39, 0.29) is 6.54 Å². The molecule has 0 unspecified atom stereocenters. The molecule has 0 aromatic heterocycles. The van der Waals surface area contributed by atoms with E-state index in [0.29, 0.717) is 6.54 Å². The summed E-state index contributed by atoms with van der Waals surface area (Å²) in [4.78, 5) is 12.9. The lowest BCUT2D eigenvalue weighted by Gasteiger charge is -2.23. The molecule has 2 rings (SSSR count). The third kappa shape index (κ3) is 3.85. The molecule has 104 valence electrons. The Morgan fingerprint density at radius 2 is 1.65 bits per heavy atom. The number of rotatable bonds is 5. The second-order valence-electron chi connectivity index (χ2n) is 5.08. The molecular weight excluding hydrogens is 250 g/mol. The SMILES string of the molecule is Cc1cc(C)cc(CN(CC(=O)O)c2ccccc2)c1. The van der Waals surface area contributed by atoms with E-state index in [0.717, 1.165) is 11.3 Å². The molecule has 0 heterocycles. The van der Waals surface area contributed by atoms with Gasteiger partial charge in [0.2, 0.25) is 0 Å². The molecule has 0 spiro atoms. The minimum Gasteiger partial charge on any atom is -0.480 e. The maximum absolute atomic E-state index is 11.1. The minimum absolute atomic E-state index is 0.00297. The summed E-state index contributed by atoms with van der Waals surface area (Å²) in [6.45, 7) is 4.71. The van der Waals surface area contributed by atoms with E-state index in [2.05, 4.69) is 32.0 Å². The lowest BCUT2D eigenvalue weighted by atomic mass is 10.1. The van der Waals surface area contributed by atoms with Crippen LogP contribution < -0.4 is 4.90 Å². The number of aryl methyl sites for hydroxylation is 2. The molecule has 0 fully saturated rings. The van der Waals surface area contributed by atoms with Crippen molar-refractivity contribution in [1.29, 1.82) is 0 Å². The van der Waals surface area contributed by atoms with Crippen LogP contribution in [0, 0.1) is 13.8 Å². The summed E-state index contributed by atoms with van der Waals surface area (Å²) in [7, 11) is 0. The van der Waals surface area contributed by atoms with Crippen LogP contribution in [0.4, 0.5) is 5.69 Å². The van der Waals surface area contributed by atoms with Gasteiger partial charge in [0.1, 0.15) is 6.54 Å². The Morgan fingerprint density at radius 1 is 1.05 bits per heavy atom. The summed E-state index contributed by atoms with van der Waals surface area (Å²) >= 11 is 0. The number of hydrogen-bond acceptors (Lipinski definition) is 2. The first-order valence-corrected chi connectivity index (χ1v) is 6.63. The number of aliphatic carboxylic acids is 1. The Balaban J connectivity index is 2.26. The molecule has 0 aliphatic rings. The Morgan fingerprint density at radius 3 is 2.20 bits per heavy atom. The van der Waals surface area contributed by atoms with E-state index in [9.17, 15) is 4.79 Å². The zero-order valence-electron chi connectivity index (χ0n) is 11.8. The van der Waals surface area contributed by atoms with Gasteiger partial charge in [-0.15, -0.1) is 0 Å². The lowest BCUT2D eigenvalue weighted by molar-refractivity contribution is -0.135. The maximum atomic E-state index is 11.1. The highest BCUT2D eigenvalue weighted by atomic mass is 16.4. The molecular formula is C17H19NO2. The van der Waals surface area contributed by atoms with Crippen molar-refractivity contribution in [2.75, 3.05) is 11.4 Å². The fourth-order valence-electron chi connectivity index (χ4n) is 2.42. The summed E-state index contributed by atoms with van der Waals surface area (Å²) in [6.07, 6.45) is 0. The summed E-state index contributed by atoms with van der Waals surface area (Å²) in [6, 6.07) is 16.0. The number of carboxylic acids is 1. The van der Waals surface area contributed by atoms with Crippen molar-refractivity contribution in [2.45, 2.75) is 20.4 Å². The topological polar surface area (TPSA) is 40.5 Å². The van der Waals surface area contributed by atoms with Crippen molar-refractivity contribution in [1.82, 2.24) is 0 Å². The largest absolute Gasteiger partial charge is 0.480 e. The van der Waals surface area contributed by atoms with Crippen LogP contribution in [-0.4, -0.2) is 17.6 Å². The number of para-hydroxylation sites is 1. The van der Waals surface area contributed by atoms with Gasteiger partial charge in [0, 0.05) is 12.2 Å². The standard InChI is InChI=1S/C17H19NO2/c1-13-8-14(2)10-15(9-13)11-18(12-17(19)20)16-6-4-3-5-7-16/h3-10H,11-12H2,1-2H3,(H,19,20). The molecule has 20 heavy (non-hydrogen) atoms. The lowest BCUT2D eigenvalue weighted by Crippen LogP contribution is -2.29. The third-order valence-corrected chi connectivity index (χ3v) is 3.10. The smallest absolute Gasteiger partial charge is 0.323 e. The third-order valence-electron chi connectivity index (χ3n) is 3.10. The van der Waals surface area contributed by atoms with Gasteiger partial charge in [0.05, 0.1) is 0 Å². The molecule has 0 saturated carbocycles. The summed E-state index contributed by atoms with van der Waals surface area (Å²) in [5, 5.41) is 9.09. The summed E-state index contributed by atoms with van der Waals surface area (Å²) in [5.41, 5.74) is 4.45. The maximum Gasteiger partial charge on any atom is 0.323 e. The second kappa shape index (κ2) is 6.24. The van der Waals surface area contributed by atoms with Gasteiger partial charge in [-0.3, -0.25) is 4.79 Å². The van der Waals surface area contributed by atoms with E-state index in [1.54, 1.807) is 0 Å². The molecule has 2 aromatic carbocycles. The molecule has 0 saturated heterocycles. The first-order chi connectivity index (χ1) is 9.54. The number of carboxylic acid groups (broad SMARTS) is 1. The van der Waals surface area contributed by atoms with Crippen LogP contribution in [0.5, 0.6) is 0 Å². The van der Waals surface area contributed by atoms with E-state index in [1.165, 1.54) is 11.1 Å². The van der Waals surface area contributed by atoms with Gasteiger partial charge in [-0.05, 0) is 31.5 Å².